The van der Waals surface area contributed by atoms with Crippen molar-refractivity contribution in [3.8, 4) is 0 Å². The van der Waals surface area contributed by atoms with Crippen molar-refractivity contribution >= 4 is 34.1 Å². The van der Waals surface area contributed by atoms with Gasteiger partial charge in [0.2, 0.25) is 5.91 Å². The summed E-state index contributed by atoms with van der Waals surface area (Å²) in [7, 11) is 0. The maximum absolute atomic E-state index is 13.0. The highest BCUT2D eigenvalue weighted by molar-refractivity contribution is 6.33. The number of benzene rings is 2. The molecule has 1 N–H and O–H groups in total. The van der Waals surface area contributed by atoms with Gasteiger partial charge in [-0.2, -0.15) is 0 Å². The zero-order valence-corrected chi connectivity index (χ0v) is 15.8. The van der Waals surface area contributed by atoms with Gasteiger partial charge in [-0.25, -0.2) is 0 Å². The summed E-state index contributed by atoms with van der Waals surface area (Å²) in [6.07, 6.45) is 0.489. The van der Waals surface area contributed by atoms with Crippen LogP contribution >= 0.6 is 11.6 Å². The Morgan fingerprint density at radius 3 is 2.54 bits per heavy atom. The number of amides is 1. The van der Waals surface area contributed by atoms with Gasteiger partial charge in [-0.1, -0.05) is 48.9 Å². The van der Waals surface area contributed by atoms with Gasteiger partial charge in [0.25, 0.3) is 5.56 Å². The molecule has 0 radical (unpaired) electrons. The fraction of sp³-hybridized carbons (Fsp3) is 0.238. The Balaban J connectivity index is 2.13. The van der Waals surface area contributed by atoms with Crippen LogP contribution in [0.5, 0.6) is 0 Å². The first-order chi connectivity index (χ1) is 12.4. The van der Waals surface area contributed by atoms with Gasteiger partial charge in [-0.3, -0.25) is 14.2 Å². The number of hydrogen-bond donors (Lipinski definition) is 1. The Kier molecular flexibility index (Phi) is 5.14. The number of nitrogens with zero attached hydrogens (tertiary/aromatic N) is 1. The van der Waals surface area contributed by atoms with Crippen molar-refractivity contribution in [1.29, 1.82) is 0 Å². The zero-order valence-electron chi connectivity index (χ0n) is 15.0. The fourth-order valence-electron chi connectivity index (χ4n) is 3.31. The van der Waals surface area contributed by atoms with Crippen molar-refractivity contribution < 1.29 is 4.79 Å². The number of para-hydroxylation sites is 2. The third-order valence-electron chi connectivity index (χ3n) is 4.61. The van der Waals surface area contributed by atoms with E-state index in [2.05, 4.69) is 5.32 Å². The third kappa shape index (κ3) is 3.25. The van der Waals surface area contributed by atoms with E-state index in [4.69, 9.17) is 11.6 Å². The molecular weight excluding hydrogens is 348 g/mol. The van der Waals surface area contributed by atoms with E-state index in [1.165, 1.54) is 0 Å². The maximum atomic E-state index is 13.0. The number of anilines is 1. The van der Waals surface area contributed by atoms with Crippen molar-refractivity contribution in [3.63, 3.8) is 0 Å². The molecule has 4 nitrogen and oxygen atoms in total. The summed E-state index contributed by atoms with van der Waals surface area (Å²) < 4.78 is 1.60. The number of halogens is 1. The smallest absolute Gasteiger partial charge is 0.252 e. The second kappa shape index (κ2) is 7.34. The molecule has 0 saturated heterocycles. The summed E-state index contributed by atoms with van der Waals surface area (Å²) in [5, 5.41) is 4.30. The average molecular weight is 369 g/mol. The lowest BCUT2D eigenvalue weighted by Gasteiger charge is -2.22. The van der Waals surface area contributed by atoms with Crippen molar-refractivity contribution in [2.45, 2.75) is 33.2 Å². The minimum Gasteiger partial charge on any atom is -0.323 e. The lowest BCUT2D eigenvalue weighted by molar-refractivity contribution is -0.119. The monoisotopic (exact) mass is 368 g/mol. The van der Waals surface area contributed by atoms with Gasteiger partial charge in [0, 0.05) is 11.5 Å². The highest BCUT2D eigenvalue weighted by atomic mass is 35.5. The SMILES string of the molecule is CCC(C(=O)Nc1ccccc1Cl)n1c(=O)cc(C)c2cccc(C)c21. The normalized spacial score (nSPS) is 12.2. The van der Waals surface area contributed by atoms with Crippen LogP contribution in [0.4, 0.5) is 5.69 Å². The second-order valence-electron chi connectivity index (χ2n) is 6.40. The molecule has 3 aromatic rings. The Bertz CT molecular complexity index is 1040. The summed E-state index contributed by atoms with van der Waals surface area (Å²) in [5.41, 5.74) is 3.04. The minimum absolute atomic E-state index is 0.176. The van der Waals surface area contributed by atoms with E-state index in [0.717, 1.165) is 22.0 Å². The molecule has 1 unspecified atom stereocenters. The summed E-state index contributed by atoms with van der Waals surface area (Å²) >= 11 is 6.15. The molecule has 5 heteroatoms. The Labute approximate surface area is 157 Å². The molecular formula is C21H21ClN2O2. The topological polar surface area (TPSA) is 51.1 Å². The first-order valence-corrected chi connectivity index (χ1v) is 8.98. The van der Waals surface area contributed by atoms with Crippen LogP contribution in [-0.2, 0) is 4.79 Å². The van der Waals surface area contributed by atoms with Crippen molar-refractivity contribution in [2.24, 2.45) is 0 Å². The average Bonchev–Trinajstić information content (AvgIpc) is 2.60. The molecule has 0 aliphatic heterocycles. The van der Waals surface area contributed by atoms with Crippen LogP contribution < -0.4 is 10.9 Å². The molecule has 0 aliphatic rings. The highest BCUT2D eigenvalue weighted by Crippen LogP contribution is 2.26. The number of aromatic nitrogens is 1. The second-order valence-corrected chi connectivity index (χ2v) is 6.81. The van der Waals surface area contributed by atoms with E-state index >= 15 is 0 Å². The molecule has 0 spiro atoms. The summed E-state index contributed by atoms with van der Waals surface area (Å²) in [4.78, 5) is 25.7. The molecule has 1 amide bonds. The van der Waals surface area contributed by atoms with Gasteiger partial charge < -0.3 is 5.32 Å². The Morgan fingerprint density at radius 2 is 1.85 bits per heavy atom. The maximum Gasteiger partial charge on any atom is 0.252 e. The first kappa shape index (κ1) is 18.2. The lowest BCUT2D eigenvalue weighted by Crippen LogP contribution is -2.33. The predicted molar refractivity (Wildman–Crippen MR) is 107 cm³/mol. The molecule has 0 aliphatic carbocycles. The van der Waals surface area contributed by atoms with Crippen LogP contribution in [0.1, 0.15) is 30.5 Å². The molecule has 0 saturated carbocycles. The molecule has 26 heavy (non-hydrogen) atoms. The van der Waals surface area contributed by atoms with Gasteiger partial charge in [-0.15, -0.1) is 0 Å². The standard InChI is InChI=1S/C21H21ClN2O2/c1-4-18(21(26)23-17-11-6-5-10-16(17)22)24-19(25)12-14(3)15-9-7-8-13(2)20(15)24/h5-12,18H,4H2,1-3H3,(H,23,26). The van der Waals surface area contributed by atoms with E-state index in [1.807, 2.05) is 39.0 Å². The van der Waals surface area contributed by atoms with E-state index in [-0.39, 0.29) is 11.5 Å². The fourth-order valence-corrected chi connectivity index (χ4v) is 3.50. The highest BCUT2D eigenvalue weighted by Gasteiger charge is 2.23. The van der Waals surface area contributed by atoms with Crippen LogP contribution in [0, 0.1) is 13.8 Å². The van der Waals surface area contributed by atoms with Gasteiger partial charge in [0.1, 0.15) is 6.04 Å². The number of pyridine rings is 1. The first-order valence-electron chi connectivity index (χ1n) is 8.61. The molecule has 2 aromatic carbocycles. The van der Waals surface area contributed by atoms with Crippen LogP contribution in [0.3, 0.4) is 0 Å². The van der Waals surface area contributed by atoms with Gasteiger partial charge in [0.05, 0.1) is 16.2 Å². The van der Waals surface area contributed by atoms with Crippen molar-refractivity contribution in [3.05, 3.63) is 75.0 Å². The van der Waals surface area contributed by atoms with Gasteiger partial charge >= 0.3 is 0 Å². The number of fused-ring (bicyclic) bond motifs is 1. The number of nitrogens with one attached hydrogen (secondary N) is 1. The van der Waals surface area contributed by atoms with Crippen molar-refractivity contribution in [1.82, 2.24) is 4.57 Å². The summed E-state index contributed by atoms with van der Waals surface area (Å²) in [6, 6.07) is 13.9. The van der Waals surface area contributed by atoms with Crippen LogP contribution in [0.25, 0.3) is 10.9 Å². The summed E-state index contributed by atoms with van der Waals surface area (Å²) in [5.74, 6) is -0.254. The van der Waals surface area contributed by atoms with E-state index in [9.17, 15) is 9.59 Å². The molecule has 1 heterocycles. The molecule has 1 atom stereocenters. The molecule has 3 rings (SSSR count). The summed E-state index contributed by atoms with van der Waals surface area (Å²) in [6.45, 7) is 5.77. The largest absolute Gasteiger partial charge is 0.323 e. The zero-order chi connectivity index (χ0) is 18.8. The van der Waals surface area contributed by atoms with E-state index in [1.54, 1.807) is 34.9 Å². The minimum atomic E-state index is -0.622. The van der Waals surface area contributed by atoms with Crippen LogP contribution in [0.15, 0.2) is 53.3 Å². The number of carbonyl (C=O) groups excluding carboxylic acids is 1. The van der Waals surface area contributed by atoms with Gasteiger partial charge in [-0.05, 0) is 43.5 Å². The Hall–Kier alpha value is -2.59. The number of rotatable bonds is 4. The Morgan fingerprint density at radius 1 is 1.12 bits per heavy atom. The van der Waals surface area contributed by atoms with Crippen LogP contribution in [-0.4, -0.2) is 10.5 Å². The third-order valence-corrected chi connectivity index (χ3v) is 4.94. The quantitative estimate of drug-likeness (QED) is 0.714. The van der Waals surface area contributed by atoms with E-state index < -0.39 is 6.04 Å². The number of aryl methyl sites for hydroxylation is 2. The number of hydrogen-bond acceptors (Lipinski definition) is 2. The molecule has 1 aromatic heterocycles. The molecule has 0 bridgehead atoms. The molecule has 0 fully saturated rings. The van der Waals surface area contributed by atoms with Gasteiger partial charge in [0.15, 0.2) is 0 Å². The van der Waals surface area contributed by atoms with Crippen molar-refractivity contribution in [2.75, 3.05) is 5.32 Å². The van der Waals surface area contributed by atoms with Crippen LogP contribution in [0.2, 0.25) is 5.02 Å². The molecule has 134 valence electrons. The number of carbonyl (C=O) groups is 1. The van der Waals surface area contributed by atoms with E-state index in [0.29, 0.717) is 17.1 Å². The predicted octanol–water partition coefficient (Wildman–Crippen LogP) is 4.86. The lowest BCUT2D eigenvalue weighted by atomic mass is 10.0.